The highest BCUT2D eigenvalue weighted by atomic mass is 19.4. The summed E-state index contributed by atoms with van der Waals surface area (Å²) in [7, 11) is 0. The molecule has 1 aromatic rings. The van der Waals surface area contributed by atoms with Gasteiger partial charge in [-0.3, -0.25) is 4.79 Å². The first-order valence-electron chi connectivity index (χ1n) is 4.70. The molecule has 0 radical (unpaired) electrons. The van der Waals surface area contributed by atoms with Gasteiger partial charge >= 0.3 is 12.1 Å². The van der Waals surface area contributed by atoms with Crippen molar-refractivity contribution >= 4 is 11.6 Å². The van der Waals surface area contributed by atoms with Crippen molar-refractivity contribution in [1.29, 1.82) is 0 Å². The average Bonchev–Trinajstić information content (AvgIpc) is 2.25. The van der Waals surface area contributed by atoms with E-state index in [1.807, 2.05) is 0 Å². The van der Waals surface area contributed by atoms with Crippen LogP contribution in [0.5, 0.6) is 0 Å². The minimum absolute atomic E-state index is 0.0424. The molecule has 0 saturated carbocycles. The number of carbonyl (C=O) groups excluding carboxylic acids is 1. The molecule has 0 aromatic heterocycles. The highest BCUT2D eigenvalue weighted by molar-refractivity contribution is 5.97. The maximum atomic E-state index is 12.6. The molecule has 0 aliphatic rings. The summed E-state index contributed by atoms with van der Waals surface area (Å²) in [6, 6.07) is 4.13. The molecule has 3 nitrogen and oxygen atoms in total. The summed E-state index contributed by atoms with van der Waals surface area (Å²) in [4.78, 5) is 11.6. The van der Waals surface area contributed by atoms with E-state index in [4.69, 9.17) is 5.73 Å². The van der Waals surface area contributed by atoms with Crippen LogP contribution in [-0.2, 0) is 4.79 Å². The fourth-order valence-corrected chi connectivity index (χ4v) is 1.25. The van der Waals surface area contributed by atoms with Crippen LogP contribution in [-0.4, -0.2) is 25.2 Å². The Bertz CT molecular complexity index is 388. The molecule has 1 amide bonds. The summed E-state index contributed by atoms with van der Waals surface area (Å²) >= 11 is 0. The molecule has 2 N–H and O–H groups in total. The number of nitrogens with two attached hydrogens (primary N) is 1. The number of nitrogens with zero attached hydrogens (tertiary/aromatic N) is 1. The molecule has 0 unspecified atom stereocenters. The van der Waals surface area contributed by atoms with Crippen molar-refractivity contribution in [2.75, 3.05) is 18.0 Å². The van der Waals surface area contributed by atoms with E-state index in [9.17, 15) is 22.4 Å². The normalized spacial score (nSPS) is 11.4. The van der Waals surface area contributed by atoms with Crippen molar-refractivity contribution in [3.63, 3.8) is 0 Å². The van der Waals surface area contributed by atoms with Crippen molar-refractivity contribution in [2.45, 2.75) is 6.18 Å². The number of hydrogen-bond donors (Lipinski definition) is 1. The lowest BCUT2D eigenvalue weighted by Crippen LogP contribution is -2.43. The fraction of sp³-hybridized carbons (Fsp3) is 0.300. The van der Waals surface area contributed by atoms with Gasteiger partial charge in [-0.1, -0.05) is 0 Å². The second-order valence-corrected chi connectivity index (χ2v) is 3.22. The van der Waals surface area contributed by atoms with Gasteiger partial charge in [0.1, 0.15) is 5.82 Å². The molecule has 7 heteroatoms. The van der Waals surface area contributed by atoms with Crippen molar-refractivity contribution < 1.29 is 22.4 Å². The van der Waals surface area contributed by atoms with Gasteiger partial charge in [0.15, 0.2) is 0 Å². The Labute approximate surface area is 94.8 Å². The number of amides is 1. The summed E-state index contributed by atoms with van der Waals surface area (Å²) in [5.74, 6) is -2.62. The standard InChI is InChI=1S/C10H10F4N2O/c11-7-1-3-8(4-2-7)16(6-5-15)9(17)10(12,13)14/h1-4H,5-6,15H2. The Morgan fingerprint density at radius 2 is 1.76 bits per heavy atom. The molecule has 0 fully saturated rings. The molecule has 1 rings (SSSR count). The van der Waals surface area contributed by atoms with E-state index in [2.05, 4.69) is 0 Å². The Kier molecular flexibility index (Phi) is 4.06. The lowest BCUT2D eigenvalue weighted by Gasteiger charge is -2.23. The summed E-state index contributed by atoms with van der Waals surface area (Å²) in [5.41, 5.74) is 5.10. The van der Waals surface area contributed by atoms with E-state index in [1.54, 1.807) is 0 Å². The first-order valence-corrected chi connectivity index (χ1v) is 4.70. The molecule has 0 atom stereocenters. The summed E-state index contributed by atoms with van der Waals surface area (Å²) in [6.07, 6.45) is -4.98. The maximum Gasteiger partial charge on any atom is 0.471 e. The second-order valence-electron chi connectivity index (χ2n) is 3.22. The smallest absolute Gasteiger partial charge is 0.329 e. The molecular weight excluding hydrogens is 240 g/mol. The highest BCUT2D eigenvalue weighted by Crippen LogP contribution is 2.23. The van der Waals surface area contributed by atoms with Crippen LogP contribution in [0, 0.1) is 5.82 Å². The fourth-order valence-electron chi connectivity index (χ4n) is 1.25. The number of anilines is 1. The quantitative estimate of drug-likeness (QED) is 0.829. The number of benzene rings is 1. The van der Waals surface area contributed by atoms with Crippen LogP contribution in [0.3, 0.4) is 0 Å². The minimum Gasteiger partial charge on any atom is -0.329 e. The molecule has 0 heterocycles. The van der Waals surface area contributed by atoms with Gasteiger partial charge in [-0.05, 0) is 24.3 Å². The van der Waals surface area contributed by atoms with Crippen LogP contribution >= 0.6 is 0 Å². The monoisotopic (exact) mass is 250 g/mol. The SMILES string of the molecule is NCCN(C(=O)C(F)(F)F)c1ccc(F)cc1. The average molecular weight is 250 g/mol. The van der Waals surface area contributed by atoms with Gasteiger partial charge in [0, 0.05) is 18.8 Å². The van der Waals surface area contributed by atoms with Crippen LogP contribution in [0.15, 0.2) is 24.3 Å². The molecular formula is C10H10F4N2O. The van der Waals surface area contributed by atoms with E-state index in [0.29, 0.717) is 4.90 Å². The van der Waals surface area contributed by atoms with E-state index >= 15 is 0 Å². The lowest BCUT2D eigenvalue weighted by atomic mass is 10.2. The predicted molar refractivity (Wildman–Crippen MR) is 53.9 cm³/mol. The van der Waals surface area contributed by atoms with Gasteiger partial charge < -0.3 is 10.6 Å². The molecule has 0 aliphatic carbocycles. The second kappa shape index (κ2) is 5.13. The van der Waals surface area contributed by atoms with E-state index in [1.165, 1.54) is 0 Å². The number of carbonyl (C=O) groups is 1. The van der Waals surface area contributed by atoms with Gasteiger partial charge in [0.2, 0.25) is 0 Å². The summed E-state index contributed by atoms with van der Waals surface area (Å²) in [5, 5.41) is 0. The van der Waals surface area contributed by atoms with Crippen molar-refractivity contribution in [3.8, 4) is 0 Å². The number of halogens is 4. The van der Waals surface area contributed by atoms with Crippen molar-refractivity contribution in [1.82, 2.24) is 0 Å². The van der Waals surface area contributed by atoms with Crippen molar-refractivity contribution in [2.24, 2.45) is 5.73 Å². The van der Waals surface area contributed by atoms with Gasteiger partial charge in [-0.2, -0.15) is 13.2 Å². The van der Waals surface area contributed by atoms with Gasteiger partial charge in [0.05, 0.1) is 0 Å². The first kappa shape index (κ1) is 13.4. The zero-order chi connectivity index (χ0) is 13.1. The summed E-state index contributed by atoms with van der Waals surface area (Å²) < 4.78 is 49.5. The van der Waals surface area contributed by atoms with Gasteiger partial charge in [-0.25, -0.2) is 4.39 Å². The Morgan fingerprint density at radius 3 is 2.18 bits per heavy atom. The van der Waals surface area contributed by atoms with E-state index in [-0.39, 0.29) is 18.8 Å². The maximum absolute atomic E-state index is 12.6. The third-order valence-corrected chi connectivity index (χ3v) is 1.98. The number of alkyl halides is 3. The molecule has 0 bridgehead atoms. The Hall–Kier alpha value is -1.63. The lowest BCUT2D eigenvalue weighted by molar-refractivity contribution is -0.170. The van der Waals surface area contributed by atoms with Crippen LogP contribution < -0.4 is 10.6 Å². The van der Waals surface area contributed by atoms with Gasteiger partial charge in [0.25, 0.3) is 0 Å². The predicted octanol–water partition coefficient (Wildman–Crippen LogP) is 1.68. The number of hydrogen-bond acceptors (Lipinski definition) is 2. The zero-order valence-corrected chi connectivity index (χ0v) is 8.67. The Morgan fingerprint density at radius 1 is 1.24 bits per heavy atom. The van der Waals surface area contributed by atoms with Gasteiger partial charge in [-0.15, -0.1) is 0 Å². The number of rotatable bonds is 3. The van der Waals surface area contributed by atoms with E-state index < -0.39 is 17.9 Å². The van der Waals surface area contributed by atoms with Crippen LogP contribution in [0.4, 0.5) is 23.2 Å². The molecule has 1 aromatic carbocycles. The zero-order valence-electron chi connectivity index (χ0n) is 8.67. The highest BCUT2D eigenvalue weighted by Gasteiger charge is 2.42. The minimum atomic E-state index is -4.98. The van der Waals surface area contributed by atoms with Crippen LogP contribution in [0.25, 0.3) is 0 Å². The topological polar surface area (TPSA) is 46.3 Å². The molecule has 0 spiro atoms. The molecule has 17 heavy (non-hydrogen) atoms. The van der Waals surface area contributed by atoms with E-state index in [0.717, 1.165) is 24.3 Å². The van der Waals surface area contributed by atoms with Crippen LogP contribution in [0.2, 0.25) is 0 Å². The third-order valence-electron chi connectivity index (χ3n) is 1.98. The molecule has 94 valence electrons. The largest absolute Gasteiger partial charge is 0.471 e. The molecule has 0 aliphatic heterocycles. The first-order chi connectivity index (χ1) is 7.86. The van der Waals surface area contributed by atoms with Crippen LogP contribution in [0.1, 0.15) is 0 Å². The summed E-state index contributed by atoms with van der Waals surface area (Å²) in [6.45, 7) is -0.414. The molecule has 0 saturated heterocycles. The van der Waals surface area contributed by atoms with Crippen molar-refractivity contribution in [3.05, 3.63) is 30.1 Å². The Balaban J connectivity index is 3.01. The third kappa shape index (κ3) is 3.42.